The predicted octanol–water partition coefficient (Wildman–Crippen LogP) is 3.86. The number of halogens is 1. The molecule has 0 bridgehead atoms. The number of rotatable bonds is 5. The van der Waals surface area contributed by atoms with Crippen LogP contribution in [0.25, 0.3) is 22.8 Å². The fourth-order valence-electron chi connectivity index (χ4n) is 2.82. The maximum atomic E-state index is 13.0. The predicted molar refractivity (Wildman–Crippen MR) is 87.4 cm³/mol. The first-order chi connectivity index (χ1) is 11.1. The van der Waals surface area contributed by atoms with Gasteiger partial charge in [0.1, 0.15) is 11.5 Å². The van der Waals surface area contributed by atoms with Gasteiger partial charge in [0.15, 0.2) is 17.1 Å². The molecule has 0 saturated carbocycles. The highest BCUT2D eigenvalue weighted by Crippen LogP contribution is 2.25. The Labute approximate surface area is 134 Å². The Bertz CT molecular complexity index is 810. The van der Waals surface area contributed by atoms with Gasteiger partial charge in [0.2, 0.25) is 0 Å². The number of aryl methyl sites for hydroxylation is 1. The second-order valence-electron chi connectivity index (χ2n) is 5.69. The molecule has 23 heavy (non-hydrogen) atoms. The van der Waals surface area contributed by atoms with E-state index in [1.807, 2.05) is 17.8 Å². The molecule has 0 saturated heterocycles. The number of hydrogen-bond donors (Lipinski definition) is 0. The summed E-state index contributed by atoms with van der Waals surface area (Å²) in [5.74, 6) is 0.684. The van der Waals surface area contributed by atoms with Gasteiger partial charge in [0, 0.05) is 13.0 Å². The van der Waals surface area contributed by atoms with E-state index in [1.165, 1.54) is 12.3 Å². The molecule has 3 aromatic rings. The molecule has 5 nitrogen and oxygen atoms in total. The summed E-state index contributed by atoms with van der Waals surface area (Å²) in [5, 5.41) is 0. The van der Waals surface area contributed by atoms with Crippen LogP contribution in [0.15, 0.2) is 24.5 Å². The average molecular weight is 313 g/mol. The molecular formula is C17H20FN5. The smallest absolute Gasteiger partial charge is 0.198 e. The van der Waals surface area contributed by atoms with Gasteiger partial charge in [-0.15, -0.1) is 0 Å². The number of aromatic nitrogens is 5. The number of pyridine rings is 1. The minimum absolute atomic E-state index is 0.364. The molecule has 3 aromatic heterocycles. The first-order valence-corrected chi connectivity index (χ1v) is 7.95. The van der Waals surface area contributed by atoms with Crippen molar-refractivity contribution in [2.75, 3.05) is 0 Å². The molecule has 0 aromatic carbocycles. The normalized spacial score (nSPS) is 12.7. The number of hydrogen-bond acceptors (Lipinski definition) is 4. The summed E-state index contributed by atoms with van der Waals surface area (Å²) >= 11 is 0. The highest BCUT2D eigenvalue weighted by atomic mass is 19.1. The lowest BCUT2D eigenvalue weighted by atomic mass is 9.97. The van der Waals surface area contributed by atoms with Crippen molar-refractivity contribution in [2.45, 2.75) is 39.0 Å². The molecule has 120 valence electrons. The van der Waals surface area contributed by atoms with E-state index in [-0.39, 0.29) is 5.82 Å². The Balaban J connectivity index is 2.05. The number of imidazole rings is 1. The molecule has 3 heterocycles. The lowest BCUT2D eigenvalue weighted by molar-refractivity contribution is 0.580. The fraction of sp³-hybridized carbons (Fsp3) is 0.412. The number of fused-ring (bicyclic) bond motifs is 1. The maximum Gasteiger partial charge on any atom is 0.198 e. The van der Waals surface area contributed by atoms with Crippen LogP contribution in [0, 0.1) is 5.82 Å². The SMILES string of the molecule is CCCC(CC)c1cnc2c(n1)nc(-c1ccc(F)cn1)n2C. The maximum absolute atomic E-state index is 13.0. The van der Waals surface area contributed by atoms with Crippen LogP contribution >= 0.6 is 0 Å². The van der Waals surface area contributed by atoms with Crippen LogP contribution in [0.1, 0.15) is 44.7 Å². The van der Waals surface area contributed by atoms with Gasteiger partial charge in [0.25, 0.3) is 0 Å². The summed E-state index contributed by atoms with van der Waals surface area (Å²) in [7, 11) is 1.87. The minimum Gasteiger partial charge on any atom is -0.309 e. The minimum atomic E-state index is -0.364. The van der Waals surface area contributed by atoms with Gasteiger partial charge in [-0.05, 0) is 25.0 Å². The van der Waals surface area contributed by atoms with Gasteiger partial charge in [0.05, 0.1) is 18.1 Å². The third-order valence-electron chi connectivity index (χ3n) is 4.11. The standard InChI is InChI=1S/C17H20FN5/c1-4-6-11(5-2)14-10-20-17-15(21-14)22-16(23(17)3)13-8-7-12(18)9-19-13/h7-11H,4-6H2,1-3H3. The monoisotopic (exact) mass is 313 g/mol. The summed E-state index contributed by atoms with van der Waals surface area (Å²) in [4.78, 5) is 17.9. The first kappa shape index (κ1) is 15.5. The molecular weight excluding hydrogens is 293 g/mol. The third kappa shape index (κ3) is 2.93. The van der Waals surface area contributed by atoms with Crippen LogP contribution < -0.4 is 0 Å². The van der Waals surface area contributed by atoms with Gasteiger partial charge in [-0.3, -0.25) is 0 Å². The lowest BCUT2D eigenvalue weighted by Crippen LogP contribution is -2.02. The highest BCUT2D eigenvalue weighted by Gasteiger charge is 2.16. The first-order valence-electron chi connectivity index (χ1n) is 7.95. The van der Waals surface area contributed by atoms with Crippen molar-refractivity contribution < 1.29 is 4.39 Å². The molecule has 3 rings (SSSR count). The Kier molecular flexibility index (Phi) is 4.32. The quantitative estimate of drug-likeness (QED) is 0.718. The summed E-state index contributed by atoms with van der Waals surface area (Å²) in [6.45, 7) is 4.34. The van der Waals surface area contributed by atoms with Crippen LogP contribution in [0.2, 0.25) is 0 Å². The average Bonchev–Trinajstić information content (AvgIpc) is 2.89. The lowest BCUT2D eigenvalue weighted by Gasteiger charge is -2.12. The molecule has 0 radical (unpaired) electrons. The molecule has 0 fully saturated rings. The molecule has 6 heteroatoms. The Morgan fingerprint density at radius 1 is 1.13 bits per heavy atom. The molecule has 1 atom stereocenters. The van der Waals surface area contributed by atoms with Crippen molar-refractivity contribution in [1.29, 1.82) is 0 Å². The van der Waals surface area contributed by atoms with Crippen molar-refractivity contribution in [2.24, 2.45) is 7.05 Å². The largest absolute Gasteiger partial charge is 0.309 e. The van der Waals surface area contributed by atoms with E-state index in [1.54, 1.807) is 6.07 Å². The van der Waals surface area contributed by atoms with Crippen LogP contribution in [-0.2, 0) is 7.05 Å². The van der Waals surface area contributed by atoms with Crippen molar-refractivity contribution in [3.05, 3.63) is 36.0 Å². The Hall–Kier alpha value is -2.37. The van der Waals surface area contributed by atoms with Crippen molar-refractivity contribution in [1.82, 2.24) is 24.5 Å². The van der Waals surface area contributed by atoms with Gasteiger partial charge >= 0.3 is 0 Å². The zero-order chi connectivity index (χ0) is 16.4. The van der Waals surface area contributed by atoms with E-state index in [2.05, 4.69) is 28.8 Å². The third-order valence-corrected chi connectivity index (χ3v) is 4.11. The second kappa shape index (κ2) is 6.40. The van der Waals surface area contributed by atoms with E-state index in [4.69, 9.17) is 4.98 Å². The molecule has 0 spiro atoms. The van der Waals surface area contributed by atoms with E-state index < -0.39 is 0 Å². The molecule has 0 amide bonds. The zero-order valence-electron chi connectivity index (χ0n) is 13.6. The molecule has 1 unspecified atom stereocenters. The summed E-state index contributed by atoms with van der Waals surface area (Å²) < 4.78 is 14.9. The Morgan fingerprint density at radius 2 is 1.96 bits per heavy atom. The van der Waals surface area contributed by atoms with Gasteiger partial charge in [-0.25, -0.2) is 24.3 Å². The summed E-state index contributed by atoms with van der Waals surface area (Å²) in [6.07, 6.45) is 6.28. The van der Waals surface area contributed by atoms with E-state index in [9.17, 15) is 4.39 Å². The van der Waals surface area contributed by atoms with E-state index >= 15 is 0 Å². The van der Waals surface area contributed by atoms with Crippen LogP contribution in [0.3, 0.4) is 0 Å². The van der Waals surface area contributed by atoms with Crippen LogP contribution in [-0.4, -0.2) is 24.5 Å². The molecule has 0 aliphatic heterocycles. The van der Waals surface area contributed by atoms with Crippen molar-refractivity contribution in [3.63, 3.8) is 0 Å². The second-order valence-corrected chi connectivity index (χ2v) is 5.69. The zero-order valence-corrected chi connectivity index (χ0v) is 13.6. The van der Waals surface area contributed by atoms with E-state index in [0.29, 0.717) is 28.7 Å². The van der Waals surface area contributed by atoms with Crippen LogP contribution in [0.4, 0.5) is 4.39 Å². The van der Waals surface area contributed by atoms with Gasteiger partial charge in [-0.1, -0.05) is 20.3 Å². The topological polar surface area (TPSA) is 56.5 Å². The molecule has 0 N–H and O–H groups in total. The highest BCUT2D eigenvalue weighted by molar-refractivity contribution is 5.72. The van der Waals surface area contributed by atoms with Crippen molar-refractivity contribution in [3.8, 4) is 11.5 Å². The van der Waals surface area contributed by atoms with E-state index in [0.717, 1.165) is 25.0 Å². The summed E-state index contributed by atoms with van der Waals surface area (Å²) in [6, 6.07) is 2.99. The van der Waals surface area contributed by atoms with Gasteiger partial charge < -0.3 is 4.57 Å². The molecule has 0 aliphatic carbocycles. The fourth-order valence-corrected chi connectivity index (χ4v) is 2.82. The molecule has 0 aliphatic rings. The Morgan fingerprint density at radius 3 is 2.61 bits per heavy atom. The van der Waals surface area contributed by atoms with Gasteiger partial charge in [-0.2, -0.15) is 0 Å². The van der Waals surface area contributed by atoms with Crippen molar-refractivity contribution >= 4 is 11.3 Å². The summed E-state index contributed by atoms with van der Waals surface area (Å²) in [5.41, 5.74) is 2.91. The van der Waals surface area contributed by atoms with Crippen LogP contribution in [0.5, 0.6) is 0 Å². The number of nitrogens with zero attached hydrogens (tertiary/aromatic N) is 5.